The zero-order valence-electron chi connectivity index (χ0n) is 13.9. The number of hydrogen-bond donors (Lipinski definition) is 1. The van der Waals surface area contributed by atoms with E-state index in [9.17, 15) is 9.59 Å². The summed E-state index contributed by atoms with van der Waals surface area (Å²) in [6.45, 7) is -0.0969. The van der Waals surface area contributed by atoms with E-state index < -0.39 is 0 Å². The van der Waals surface area contributed by atoms with Gasteiger partial charge in [-0.15, -0.1) is 0 Å². The Hall–Kier alpha value is -3.11. The maximum atomic E-state index is 12.9. The number of halogens is 1. The van der Waals surface area contributed by atoms with Crippen LogP contribution in [0.4, 0.5) is 11.4 Å². The number of nitrogens with one attached hydrogen (secondary N) is 1. The molecule has 0 aliphatic rings. The highest BCUT2D eigenvalue weighted by Gasteiger charge is 2.20. The van der Waals surface area contributed by atoms with E-state index in [1.54, 1.807) is 48.5 Å². The standard InChI is InChI=1S/C21H17ClN2O2/c22-17-13-11-16(12-14-17)21(26)24(19-9-5-2-6-10-19)15-20(25)23-18-7-3-1-4-8-18/h1-14H,15H2,(H,23,25). The predicted molar refractivity (Wildman–Crippen MR) is 105 cm³/mol. The Kier molecular flexibility index (Phi) is 5.66. The summed E-state index contributed by atoms with van der Waals surface area (Å²) in [5.74, 6) is -0.543. The molecule has 2 amide bonds. The van der Waals surface area contributed by atoms with Gasteiger partial charge in [-0.2, -0.15) is 0 Å². The molecule has 1 N–H and O–H groups in total. The highest BCUT2D eigenvalue weighted by Crippen LogP contribution is 2.18. The van der Waals surface area contributed by atoms with Crippen molar-refractivity contribution in [1.82, 2.24) is 0 Å². The van der Waals surface area contributed by atoms with Crippen LogP contribution in [0.2, 0.25) is 5.02 Å². The summed E-state index contributed by atoms with van der Waals surface area (Å²) in [5.41, 5.74) is 1.80. The molecule has 0 aliphatic heterocycles. The number of hydrogen-bond acceptors (Lipinski definition) is 2. The van der Waals surface area contributed by atoms with E-state index in [-0.39, 0.29) is 18.4 Å². The van der Waals surface area contributed by atoms with Crippen LogP contribution in [0.1, 0.15) is 10.4 Å². The smallest absolute Gasteiger partial charge is 0.258 e. The van der Waals surface area contributed by atoms with Gasteiger partial charge in [-0.1, -0.05) is 48.0 Å². The van der Waals surface area contributed by atoms with Crippen LogP contribution in [-0.4, -0.2) is 18.4 Å². The maximum Gasteiger partial charge on any atom is 0.258 e. The monoisotopic (exact) mass is 364 g/mol. The Morgan fingerprint density at radius 2 is 1.38 bits per heavy atom. The molecule has 0 radical (unpaired) electrons. The number of rotatable bonds is 5. The summed E-state index contributed by atoms with van der Waals surface area (Å²) in [6, 6.07) is 24.8. The summed E-state index contributed by atoms with van der Waals surface area (Å²) < 4.78 is 0. The average molecular weight is 365 g/mol. The molecule has 4 nitrogen and oxygen atoms in total. The Morgan fingerprint density at radius 3 is 2.00 bits per heavy atom. The molecule has 3 rings (SSSR count). The van der Waals surface area contributed by atoms with E-state index >= 15 is 0 Å². The molecule has 0 aliphatic carbocycles. The van der Waals surface area contributed by atoms with Gasteiger partial charge in [0.25, 0.3) is 5.91 Å². The Bertz CT molecular complexity index is 881. The van der Waals surface area contributed by atoms with Gasteiger partial charge in [0.2, 0.25) is 5.91 Å². The molecule has 26 heavy (non-hydrogen) atoms. The SMILES string of the molecule is O=C(CN(C(=O)c1ccc(Cl)cc1)c1ccccc1)Nc1ccccc1. The average Bonchev–Trinajstić information content (AvgIpc) is 2.68. The van der Waals surface area contributed by atoms with Crippen molar-refractivity contribution in [3.8, 4) is 0 Å². The van der Waals surface area contributed by atoms with Gasteiger partial charge in [-0.25, -0.2) is 0 Å². The molecule has 130 valence electrons. The number of carbonyl (C=O) groups excluding carboxylic acids is 2. The van der Waals surface area contributed by atoms with Crippen molar-refractivity contribution in [2.45, 2.75) is 0 Å². The van der Waals surface area contributed by atoms with Gasteiger partial charge >= 0.3 is 0 Å². The minimum atomic E-state index is -0.276. The van der Waals surface area contributed by atoms with E-state index in [4.69, 9.17) is 11.6 Å². The van der Waals surface area contributed by atoms with E-state index in [0.29, 0.717) is 22.0 Å². The van der Waals surface area contributed by atoms with Crippen molar-refractivity contribution in [3.63, 3.8) is 0 Å². The summed E-state index contributed by atoms with van der Waals surface area (Å²) in [4.78, 5) is 26.9. The first-order chi connectivity index (χ1) is 12.6. The van der Waals surface area contributed by atoms with E-state index in [1.807, 2.05) is 36.4 Å². The molecule has 0 saturated heterocycles. The zero-order valence-corrected chi connectivity index (χ0v) is 14.7. The first kappa shape index (κ1) is 17.7. The molecule has 3 aromatic rings. The van der Waals surface area contributed by atoms with Crippen LogP contribution in [0, 0.1) is 0 Å². The van der Waals surface area contributed by atoms with Crippen LogP contribution in [0.25, 0.3) is 0 Å². The maximum absolute atomic E-state index is 12.9. The van der Waals surface area contributed by atoms with Crippen LogP contribution >= 0.6 is 11.6 Å². The van der Waals surface area contributed by atoms with Gasteiger partial charge in [-0.05, 0) is 48.5 Å². The molecule has 5 heteroatoms. The van der Waals surface area contributed by atoms with Crippen LogP contribution in [0.3, 0.4) is 0 Å². The van der Waals surface area contributed by atoms with Crippen molar-refractivity contribution in [2.24, 2.45) is 0 Å². The van der Waals surface area contributed by atoms with Gasteiger partial charge in [0, 0.05) is 22.0 Å². The van der Waals surface area contributed by atoms with Crippen LogP contribution < -0.4 is 10.2 Å². The van der Waals surface area contributed by atoms with Crippen molar-refractivity contribution in [2.75, 3.05) is 16.8 Å². The minimum absolute atomic E-state index is 0.0969. The summed E-state index contributed by atoms with van der Waals surface area (Å²) in [5, 5.41) is 3.35. The highest BCUT2D eigenvalue weighted by atomic mass is 35.5. The molecule has 0 bridgehead atoms. The zero-order chi connectivity index (χ0) is 18.4. The third kappa shape index (κ3) is 4.49. The van der Waals surface area contributed by atoms with Crippen molar-refractivity contribution < 1.29 is 9.59 Å². The lowest BCUT2D eigenvalue weighted by molar-refractivity contribution is -0.114. The second kappa shape index (κ2) is 8.32. The van der Waals surface area contributed by atoms with Gasteiger partial charge in [0.15, 0.2) is 0 Å². The molecule has 0 saturated carbocycles. The van der Waals surface area contributed by atoms with Gasteiger partial charge in [0.1, 0.15) is 6.54 Å². The first-order valence-corrected chi connectivity index (χ1v) is 8.48. The Morgan fingerprint density at radius 1 is 0.808 bits per heavy atom. The largest absolute Gasteiger partial charge is 0.325 e. The lowest BCUT2D eigenvalue weighted by atomic mass is 10.1. The number of amides is 2. The fourth-order valence-electron chi connectivity index (χ4n) is 2.50. The number of carbonyl (C=O) groups is 2. The number of para-hydroxylation sites is 2. The second-order valence-corrected chi connectivity index (χ2v) is 6.08. The molecule has 3 aromatic carbocycles. The molecule has 0 atom stereocenters. The van der Waals surface area contributed by atoms with Crippen LogP contribution in [0.5, 0.6) is 0 Å². The third-order valence-corrected chi connectivity index (χ3v) is 4.02. The third-order valence-electron chi connectivity index (χ3n) is 3.76. The number of nitrogens with zero attached hydrogens (tertiary/aromatic N) is 1. The van der Waals surface area contributed by atoms with Crippen LogP contribution in [0.15, 0.2) is 84.9 Å². The van der Waals surface area contributed by atoms with Crippen LogP contribution in [-0.2, 0) is 4.79 Å². The van der Waals surface area contributed by atoms with Gasteiger partial charge in [0.05, 0.1) is 0 Å². The summed E-state index contributed by atoms with van der Waals surface area (Å²) >= 11 is 5.90. The molecule has 0 unspecified atom stereocenters. The molecule has 0 spiro atoms. The van der Waals surface area contributed by atoms with Gasteiger partial charge < -0.3 is 5.32 Å². The summed E-state index contributed by atoms with van der Waals surface area (Å²) in [6.07, 6.45) is 0. The van der Waals surface area contributed by atoms with Crippen molar-refractivity contribution in [3.05, 3.63) is 95.5 Å². The lowest BCUT2D eigenvalue weighted by Gasteiger charge is -2.22. The second-order valence-electron chi connectivity index (χ2n) is 5.65. The predicted octanol–water partition coefficient (Wildman–Crippen LogP) is 4.63. The quantitative estimate of drug-likeness (QED) is 0.717. The topological polar surface area (TPSA) is 49.4 Å². The normalized spacial score (nSPS) is 10.2. The fourth-order valence-corrected chi connectivity index (χ4v) is 2.63. The number of benzene rings is 3. The van der Waals surface area contributed by atoms with E-state index in [0.717, 1.165) is 0 Å². The molecule has 0 fully saturated rings. The fraction of sp³-hybridized carbons (Fsp3) is 0.0476. The van der Waals surface area contributed by atoms with E-state index in [2.05, 4.69) is 5.32 Å². The Labute approximate surface area is 157 Å². The summed E-state index contributed by atoms with van der Waals surface area (Å²) in [7, 11) is 0. The Balaban J connectivity index is 1.83. The van der Waals surface area contributed by atoms with Gasteiger partial charge in [-0.3, -0.25) is 14.5 Å². The van der Waals surface area contributed by atoms with Crippen molar-refractivity contribution in [1.29, 1.82) is 0 Å². The minimum Gasteiger partial charge on any atom is -0.325 e. The lowest BCUT2D eigenvalue weighted by Crippen LogP contribution is -2.38. The van der Waals surface area contributed by atoms with E-state index in [1.165, 1.54) is 4.90 Å². The van der Waals surface area contributed by atoms with Crippen molar-refractivity contribution >= 4 is 34.8 Å². The molecular formula is C21H17ClN2O2. The molecular weight excluding hydrogens is 348 g/mol. The molecule has 0 heterocycles. The highest BCUT2D eigenvalue weighted by molar-refractivity contribution is 6.30. The molecule has 0 aromatic heterocycles. The first-order valence-electron chi connectivity index (χ1n) is 8.11. The number of anilines is 2.